The monoisotopic (exact) mass is 192 g/mol. The van der Waals surface area contributed by atoms with Crippen LogP contribution in [0.25, 0.3) is 0 Å². The number of allylic oxidation sites excluding steroid dienone is 3. The molecule has 4 heteroatoms. The van der Waals surface area contributed by atoms with Gasteiger partial charge in [0.1, 0.15) is 0 Å². The van der Waals surface area contributed by atoms with Gasteiger partial charge in [-0.3, -0.25) is 0 Å². The number of aliphatic carboxylic acids is 1. The van der Waals surface area contributed by atoms with E-state index in [1.165, 1.54) is 6.08 Å². The minimum Gasteiger partial charge on any atom is -1.00 e. The molecule has 0 amide bonds. The first kappa shape index (κ1) is 18.1. The second-order valence-corrected chi connectivity index (χ2v) is 1.22. The summed E-state index contributed by atoms with van der Waals surface area (Å²) in [7, 11) is 0. The van der Waals surface area contributed by atoms with Crippen LogP contribution in [0.5, 0.6) is 0 Å². The average molecular weight is 192 g/mol. The van der Waals surface area contributed by atoms with E-state index in [1.807, 2.05) is 6.92 Å². The van der Waals surface area contributed by atoms with E-state index in [0.29, 0.717) is 0 Å². The second-order valence-electron chi connectivity index (χ2n) is 1.22. The van der Waals surface area contributed by atoms with Gasteiger partial charge in [0.15, 0.2) is 0 Å². The molecule has 2 nitrogen and oxygen atoms in total. The topological polar surface area (TPSA) is 37.3 Å². The second kappa shape index (κ2) is 13.8. The number of rotatable bonds is 2. The van der Waals surface area contributed by atoms with Gasteiger partial charge < -0.3 is 7.96 Å². The number of carbonyl (C=O) groups is 1. The molecule has 1 N–H and O–H groups in total. The summed E-state index contributed by atoms with van der Waals surface area (Å²) in [5.74, 6) is -0.914. The molecule has 0 rings (SSSR count). The van der Waals surface area contributed by atoms with Crippen LogP contribution in [0, 0.1) is 0 Å². The Balaban J connectivity index is -0.0000000408. The van der Waals surface area contributed by atoms with Crippen molar-refractivity contribution < 1.29 is 116 Å². The van der Waals surface area contributed by atoms with Crippen molar-refractivity contribution in [3.8, 4) is 0 Å². The molecule has 48 valence electrons. The third-order valence-electron chi connectivity index (χ3n) is 0.542. The quantitative estimate of drug-likeness (QED) is 0.272. The zero-order valence-electron chi connectivity index (χ0n) is 8.66. The van der Waals surface area contributed by atoms with Crippen molar-refractivity contribution in [1.82, 2.24) is 0 Å². The van der Waals surface area contributed by atoms with Gasteiger partial charge in [-0.1, -0.05) is 18.2 Å². The Bertz CT molecular complexity index is 138. The van der Waals surface area contributed by atoms with Gasteiger partial charge in [0.25, 0.3) is 0 Å². The standard InChI is InChI=1S/C6H8O2.2K.2H/c1-2-3-4-5-6(7)8;;;;/h2-5H,1H3,(H,7,8);;;;/q;2*+1;2*-1. The summed E-state index contributed by atoms with van der Waals surface area (Å²) in [4.78, 5) is 9.75. The maximum Gasteiger partial charge on any atom is 1.00 e. The Labute approximate surface area is 149 Å². The molecule has 0 aromatic rings. The van der Waals surface area contributed by atoms with Crippen LogP contribution in [0.2, 0.25) is 0 Å². The van der Waals surface area contributed by atoms with Crippen LogP contribution in [0.1, 0.15) is 9.78 Å². The van der Waals surface area contributed by atoms with Crippen molar-refractivity contribution in [1.29, 1.82) is 0 Å². The Hall–Kier alpha value is 2.22. The van der Waals surface area contributed by atoms with E-state index in [9.17, 15) is 4.79 Å². The van der Waals surface area contributed by atoms with E-state index in [1.54, 1.807) is 12.2 Å². The van der Waals surface area contributed by atoms with Crippen LogP contribution >= 0.6 is 0 Å². The van der Waals surface area contributed by atoms with Crippen molar-refractivity contribution in [2.45, 2.75) is 6.92 Å². The van der Waals surface area contributed by atoms with Gasteiger partial charge in [-0.15, -0.1) is 0 Å². The smallest absolute Gasteiger partial charge is 1.00 e. The molecule has 0 spiro atoms. The molecule has 0 saturated carbocycles. The summed E-state index contributed by atoms with van der Waals surface area (Å²) in [6.07, 6.45) is 5.98. The van der Waals surface area contributed by atoms with Crippen LogP contribution in [0.15, 0.2) is 24.3 Å². The normalized spacial score (nSPS) is 8.90. The molecule has 0 aromatic carbocycles. The van der Waals surface area contributed by atoms with E-state index in [0.717, 1.165) is 6.08 Å². The molecule has 0 aliphatic carbocycles. The van der Waals surface area contributed by atoms with Crippen LogP contribution < -0.4 is 103 Å². The summed E-state index contributed by atoms with van der Waals surface area (Å²) in [6, 6.07) is 0. The summed E-state index contributed by atoms with van der Waals surface area (Å²) in [6.45, 7) is 1.83. The Morgan fingerprint density at radius 3 is 2.20 bits per heavy atom. The maximum atomic E-state index is 9.75. The summed E-state index contributed by atoms with van der Waals surface area (Å²) < 4.78 is 0. The zero-order valence-corrected chi connectivity index (χ0v) is 12.9. The van der Waals surface area contributed by atoms with E-state index < -0.39 is 5.97 Å². The molecule has 0 atom stereocenters. The van der Waals surface area contributed by atoms with Gasteiger partial charge in [-0.05, 0) is 6.92 Å². The molecular formula is C6H10K2O2. The number of carboxylic acids is 1. The SMILES string of the molecule is CC=CC=CC(=O)O.[H-].[H-].[K+].[K+]. The third-order valence-corrected chi connectivity index (χ3v) is 0.542. The molecule has 0 aliphatic heterocycles. The van der Waals surface area contributed by atoms with Crippen molar-refractivity contribution in [3.05, 3.63) is 24.3 Å². The number of hydrogen-bond acceptors (Lipinski definition) is 1. The van der Waals surface area contributed by atoms with Crippen molar-refractivity contribution in [2.24, 2.45) is 0 Å². The molecule has 0 fully saturated rings. The van der Waals surface area contributed by atoms with E-state index in [4.69, 9.17) is 5.11 Å². The number of hydrogen-bond donors (Lipinski definition) is 1. The van der Waals surface area contributed by atoms with Gasteiger partial charge in [0, 0.05) is 6.08 Å². The minimum atomic E-state index is -0.914. The molecule has 10 heavy (non-hydrogen) atoms. The largest absolute Gasteiger partial charge is 1.00 e. The predicted molar refractivity (Wildman–Crippen MR) is 33.8 cm³/mol. The van der Waals surface area contributed by atoms with E-state index >= 15 is 0 Å². The van der Waals surface area contributed by atoms with E-state index in [2.05, 4.69) is 0 Å². The molecule has 0 radical (unpaired) electrons. The Kier molecular flexibility index (Phi) is 25.0. The Morgan fingerprint density at radius 2 is 1.90 bits per heavy atom. The van der Waals surface area contributed by atoms with Gasteiger partial charge >= 0.3 is 109 Å². The van der Waals surface area contributed by atoms with E-state index in [-0.39, 0.29) is 106 Å². The van der Waals surface area contributed by atoms with Crippen molar-refractivity contribution >= 4 is 5.97 Å². The first-order chi connectivity index (χ1) is 3.77. The summed E-state index contributed by atoms with van der Waals surface area (Å²) >= 11 is 0. The fourth-order valence-electron chi connectivity index (χ4n) is 0.249. The molecule has 0 heterocycles. The van der Waals surface area contributed by atoms with Crippen molar-refractivity contribution in [3.63, 3.8) is 0 Å². The van der Waals surface area contributed by atoms with Gasteiger partial charge in [-0.25, -0.2) is 4.79 Å². The van der Waals surface area contributed by atoms with Crippen LogP contribution in [-0.4, -0.2) is 11.1 Å². The first-order valence-corrected chi connectivity index (χ1v) is 2.29. The molecular weight excluding hydrogens is 182 g/mol. The average Bonchev–Trinajstić information content (AvgIpc) is 1.66. The van der Waals surface area contributed by atoms with Gasteiger partial charge in [-0.2, -0.15) is 0 Å². The van der Waals surface area contributed by atoms with Gasteiger partial charge in [0.05, 0.1) is 0 Å². The molecule has 0 saturated heterocycles. The van der Waals surface area contributed by atoms with Crippen LogP contribution in [-0.2, 0) is 4.79 Å². The van der Waals surface area contributed by atoms with Crippen LogP contribution in [0.3, 0.4) is 0 Å². The zero-order chi connectivity index (χ0) is 6.41. The summed E-state index contributed by atoms with van der Waals surface area (Å²) in [5.41, 5.74) is 0. The maximum absolute atomic E-state index is 9.75. The fraction of sp³-hybridized carbons (Fsp3) is 0.167. The van der Waals surface area contributed by atoms with Crippen LogP contribution in [0.4, 0.5) is 0 Å². The van der Waals surface area contributed by atoms with Gasteiger partial charge in [0.2, 0.25) is 0 Å². The predicted octanol–water partition coefficient (Wildman–Crippen LogP) is -4.56. The first-order valence-electron chi connectivity index (χ1n) is 2.29. The molecule has 0 aromatic heterocycles. The molecule has 0 unspecified atom stereocenters. The molecule has 0 bridgehead atoms. The summed E-state index contributed by atoms with van der Waals surface area (Å²) in [5, 5.41) is 8.02. The Morgan fingerprint density at radius 1 is 1.40 bits per heavy atom. The number of carboxylic acid groups (broad SMARTS) is 1. The minimum absolute atomic E-state index is 0. The van der Waals surface area contributed by atoms with Crippen molar-refractivity contribution in [2.75, 3.05) is 0 Å². The third kappa shape index (κ3) is 16.7. The molecule has 0 aliphatic rings. The fourth-order valence-corrected chi connectivity index (χ4v) is 0.249.